The van der Waals surface area contributed by atoms with Gasteiger partial charge < -0.3 is 9.67 Å². The smallest absolute Gasteiger partial charge is 0.173 e. The first-order valence-corrected chi connectivity index (χ1v) is 9.43. The summed E-state index contributed by atoms with van der Waals surface area (Å²) in [4.78, 5) is 4.83. The molecule has 4 heteroatoms. The van der Waals surface area contributed by atoms with Crippen LogP contribution in [0, 0.1) is 6.92 Å². The molecule has 0 aliphatic heterocycles. The van der Waals surface area contributed by atoms with Crippen LogP contribution in [0.1, 0.15) is 29.4 Å². The third-order valence-electron chi connectivity index (χ3n) is 4.97. The highest BCUT2D eigenvalue weighted by atomic mass is 35.5. The minimum absolute atomic E-state index is 0.574. The summed E-state index contributed by atoms with van der Waals surface area (Å²) in [6, 6.07) is 23.3. The van der Waals surface area contributed by atoms with Gasteiger partial charge in [-0.15, -0.1) is 0 Å². The molecular formula is C23H21ClN2O. The predicted octanol–water partition coefficient (Wildman–Crippen LogP) is 5.30. The van der Waals surface area contributed by atoms with Gasteiger partial charge >= 0.3 is 0 Å². The molecule has 0 atom stereocenters. The fraction of sp³-hybridized carbons (Fsp3) is 0.174. The molecule has 0 unspecified atom stereocenters. The van der Waals surface area contributed by atoms with Gasteiger partial charge in [-0.25, -0.2) is 4.98 Å². The fourth-order valence-electron chi connectivity index (χ4n) is 3.69. The standard InChI is InChI=1S/C23H21ClN2O/c1-3-26-20-15-16(2)14-19(24)21(20)25-22(26)23(27,17-10-6-4-7-11-17)18-12-8-5-9-13-18/h4-15,27H,3H2,1-2H3. The Balaban J connectivity index is 2.09. The number of imidazole rings is 1. The molecule has 0 aliphatic carbocycles. The number of hydrogen-bond donors (Lipinski definition) is 1. The SMILES string of the molecule is CCn1c(C(O)(c2ccccc2)c2ccccc2)nc2c(Cl)cc(C)cc21. The second-order valence-electron chi connectivity index (χ2n) is 6.74. The van der Waals surface area contributed by atoms with Gasteiger partial charge in [0, 0.05) is 6.54 Å². The van der Waals surface area contributed by atoms with E-state index in [0.717, 1.165) is 22.2 Å². The molecule has 0 saturated heterocycles. The van der Waals surface area contributed by atoms with E-state index in [-0.39, 0.29) is 0 Å². The Hall–Kier alpha value is -2.62. The van der Waals surface area contributed by atoms with Crippen molar-refractivity contribution in [2.45, 2.75) is 26.0 Å². The Bertz CT molecular complexity index is 1050. The van der Waals surface area contributed by atoms with Gasteiger partial charge in [-0.1, -0.05) is 72.3 Å². The van der Waals surface area contributed by atoms with E-state index in [1.54, 1.807) is 0 Å². The first-order chi connectivity index (χ1) is 13.1. The highest BCUT2D eigenvalue weighted by Gasteiger charge is 2.39. The normalized spacial score (nSPS) is 11.9. The number of aromatic nitrogens is 2. The second kappa shape index (κ2) is 6.84. The number of hydrogen-bond acceptors (Lipinski definition) is 2. The zero-order chi connectivity index (χ0) is 19.0. The topological polar surface area (TPSA) is 38.0 Å². The van der Waals surface area contributed by atoms with E-state index in [1.807, 2.05) is 78.2 Å². The lowest BCUT2D eigenvalue weighted by Gasteiger charge is -2.29. The van der Waals surface area contributed by atoms with Crippen molar-refractivity contribution in [2.75, 3.05) is 0 Å². The third-order valence-corrected chi connectivity index (χ3v) is 5.26. The van der Waals surface area contributed by atoms with Crippen LogP contribution in [0.25, 0.3) is 11.0 Å². The average Bonchev–Trinajstić information content (AvgIpc) is 3.08. The van der Waals surface area contributed by atoms with Crippen molar-refractivity contribution < 1.29 is 5.11 Å². The molecular weight excluding hydrogens is 356 g/mol. The lowest BCUT2D eigenvalue weighted by atomic mass is 9.85. The van der Waals surface area contributed by atoms with E-state index in [0.29, 0.717) is 22.9 Å². The molecule has 3 aromatic carbocycles. The van der Waals surface area contributed by atoms with Crippen molar-refractivity contribution >= 4 is 22.6 Å². The molecule has 0 bridgehead atoms. The summed E-state index contributed by atoms with van der Waals surface area (Å²) >= 11 is 6.49. The van der Waals surface area contributed by atoms with Gasteiger partial charge in [-0.05, 0) is 42.7 Å². The molecule has 4 rings (SSSR count). The number of aliphatic hydroxyl groups is 1. The number of rotatable bonds is 4. The molecule has 4 aromatic rings. The molecule has 0 aliphatic rings. The van der Waals surface area contributed by atoms with Gasteiger partial charge in [0.1, 0.15) is 5.52 Å². The van der Waals surface area contributed by atoms with Crippen molar-refractivity contribution in [3.05, 3.63) is 100 Å². The minimum atomic E-state index is -1.38. The summed E-state index contributed by atoms with van der Waals surface area (Å²) in [5.41, 5.74) is 2.88. The van der Waals surface area contributed by atoms with E-state index in [9.17, 15) is 5.11 Å². The van der Waals surface area contributed by atoms with Crippen molar-refractivity contribution in [1.29, 1.82) is 0 Å². The predicted molar refractivity (Wildman–Crippen MR) is 110 cm³/mol. The van der Waals surface area contributed by atoms with Gasteiger partial charge in [0.2, 0.25) is 0 Å². The molecule has 1 aromatic heterocycles. The highest BCUT2D eigenvalue weighted by molar-refractivity contribution is 6.35. The summed E-state index contributed by atoms with van der Waals surface area (Å²) in [6.45, 7) is 4.74. The monoisotopic (exact) mass is 376 g/mol. The zero-order valence-corrected chi connectivity index (χ0v) is 16.1. The Morgan fingerprint density at radius 1 is 0.963 bits per heavy atom. The molecule has 0 amide bonds. The van der Waals surface area contributed by atoms with Crippen LogP contribution in [-0.2, 0) is 12.1 Å². The van der Waals surface area contributed by atoms with Crippen molar-refractivity contribution in [3.8, 4) is 0 Å². The summed E-state index contributed by atoms with van der Waals surface area (Å²) in [5, 5.41) is 12.7. The van der Waals surface area contributed by atoms with Crippen molar-refractivity contribution in [1.82, 2.24) is 9.55 Å². The number of halogens is 1. The Kier molecular flexibility index (Phi) is 4.50. The summed E-state index contributed by atoms with van der Waals surface area (Å²) < 4.78 is 2.05. The second-order valence-corrected chi connectivity index (χ2v) is 7.14. The van der Waals surface area contributed by atoms with E-state index in [4.69, 9.17) is 16.6 Å². The third kappa shape index (κ3) is 2.84. The van der Waals surface area contributed by atoms with Crippen LogP contribution < -0.4 is 0 Å². The number of fused-ring (bicyclic) bond motifs is 1. The first kappa shape index (κ1) is 17.8. The van der Waals surface area contributed by atoms with Crippen LogP contribution in [0.4, 0.5) is 0 Å². The van der Waals surface area contributed by atoms with E-state index in [2.05, 4.69) is 13.0 Å². The Morgan fingerprint density at radius 2 is 1.52 bits per heavy atom. The van der Waals surface area contributed by atoms with Gasteiger partial charge in [0.15, 0.2) is 11.4 Å². The van der Waals surface area contributed by atoms with E-state index in [1.165, 1.54) is 0 Å². The Labute approximate surface area is 163 Å². The average molecular weight is 377 g/mol. The maximum absolute atomic E-state index is 12.1. The molecule has 1 heterocycles. The molecule has 3 nitrogen and oxygen atoms in total. The van der Waals surface area contributed by atoms with E-state index >= 15 is 0 Å². The number of benzene rings is 3. The highest BCUT2D eigenvalue weighted by Crippen LogP contribution is 2.38. The van der Waals surface area contributed by atoms with Gasteiger partial charge in [-0.3, -0.25) is 0 Å². The maximum Gasteiger partial charge on any atom is 0.173 e. The fourth-order valence-corrected chi connectivity index (χ4v) is 4.00. The van der Waals surface area contributed by atoms with Crippen LogP contribution in [0.3, 0.4) is 0 Å². The molecule has 0 fully saturated rings. The maximum atomic E-state index is 12.1. The summed E-state index contributed by atoms with van der Waals surface area (Å²) in [5.74, 6) is 0.574. The molecule has 0 radical (unpaired) electrons. The minimum Gasteiger partial charge on any atom is -0.373 e. The lowest BCUT2D eigenvalue weighted by molar-refractivity contribution is 0.112. The quantitative estimate of drug-likeness (QED) is 0.524. The van der Waals surface area contributed by atoms with Crippen LogP contribution in [0.5, 0.6) is 0 Å². The molecule has 136 valence electrons. The summed E-state index contributed by atoms with van der Waals surface area (Å²) in [6.07, 6.45) is 0. The molecule has 27 heavy (non-hydrogen) atoms. The summed E-state index contributed by atoms with van der Waals surface area (Å²) in [7, 11) is 0. The van der Waals surface area contributed by atoms with Gasteiger partial charge in [0.05, 0.1) is 10.5 Å². The molecule has 0 saturated carbocycles. The molecule has 1 N–H and O–H groups in total. The number of nitrogens with zero attached hydrogens (tertiary/aromatic N) is 2. The van der Waals surface area contributed by atoms with Crippen LogP contribution in [0.15, 0.2) is 72.8 Å². The van der Waals surface area contributed by atoms with Crippen LogP contribution >= 0.6 is 11.6 Å². The largest absolute Gasteiger partial charge is 0.373 e. The van der Waals surface area contributed by atoms with Gasteiger partial charge in [-0.2, -0.15) is 0 Å². The Morgan fingerprint density at radius 3 is 2.04 bits per heavy atom. The lowest BCUT2D eigenvalue weighted by Crippen LogP contribution is -2.32. The zero-order valence-electron chi connectivity index (χ0n) is 15.4. The van der Waals surface area contributed by atoms with Crippen molar-refractivity contribution in [3.63, 3.8) is 0 Å². The number of aryl methyl sites for hydroxylation is 2. The van der Waals surface area contributed by atoms with Crippen molar-refractivity contribution in [2.24, 2.45) is 0 Å². The van der Waals surface area contributed by atoms with Crippen LogP contribution in [0.2, 0.25) is 5.02 Å². The molecule has 0 spiro atoms. The van der Waals surface area contributed by atoms with E-state index < -0.39 is 5.60 Å². The van der Waals surface area contributed by atoms with Crippen LogP contribution in [-0.4, -0.2) is 14.7 Å². The van der Waals surface area contributed by atoms with Gasteiger partial charge in [0.25, 0.3) is 0 Å². The first-order valence-electron chi connectivity index (χ1n) is 9.06.